The highest BCUT2D eigenvalue weighted by Crippen LogP contribution is 2.28. The van der Waals surface area contributed by atoms with Gasteiger partial charge in [-0.3, -0.25) is 4.79 Å². The second-order valence-electron chi connectivity index (χ2n) is 6.33. The number of amides is 1. The summed E-state index contributed by atoms with van der Waals surface area (Å²) in [6, 6.07) is 1.11. The summed E-state index contributed by atoms with van der Waals surface area (Å²) in [5, 5.41) is 6.85. The van der Waals surface area contributed by atoms with Crippen LogP contribution in [0.1, 0.15) is 27.2 Å². The van der Waals surface area contributed by atoms with E-state index in [1.165, 1.54) is 6.20 Å². The lowest BCUT2D eigenvalue weighted by molar-refractivity contribution is -0.122. The predicted octanol–water partition coefficient (Wildman–Crippen LogP) is 3.53. The molecule has 0 bridgehead atoms. The molecule has 0 aliphatic rings. The molecule has 0 aliphatic carbocycles. The van der Waals surface area contributed by atoms with Crippen LogP contribution in [0.15, 0.2) is 24.7 Å². The number of carbonyl (C=O) groups excluding carboxylic acids is 1. The molecule has 0 spiro atoms. The fourth-order valence-electron chi connectivity index (χ4n) is 2.50. The molecule has 2 atom stereocenters. The number of anilines is 1. The van der Waals surface area contributed by atoms with Crippen LogP contribution in [-0.4, -0.2) is 37.9 Å². The van der Waals surface area contributed by atoms with Crippen molar-refractivity contribution in [3.63, 3.8) is 0 Å². The molecule has 142 valence electrons. The number of rotatable bonds is 6. The van der Waals surface area contributed by atoms with Gasteiger partial charge in [-0.25, -0.2) is 19.3 Å². The molecule has 3 N–H and O–H groups in total. The average Bonchev–Trinajstić information content (AvgIpc) is 3.06. The summed E-state index contributed by atoms with van der Waals surface area (Å²) in [6.07, 6.45) is 5.09. The Hall–Kier alpha value is -2.74. The number of hydrogen-bond donors (Lipinski definition) is 3. The first kappa shape index (κ1) is 19.0. The number of halogens is 2. The maximum Gasteiger partial charge on any atom is 0.242 e. The van der Waals surface area contributed by atoms with Gasteiger partial charge >= 0.3 is 0 Å². The van der Waals surface area contributed by atoms with Gasteiger partial charge in [0.05, 0.1) is 11.2 Å². The molecule has 0 aromatic carbocycles. The van der Waals surface area contributed by atoms with Crippen molar-refractivity contribution >= 4 is 34.4 Å². The van der Waals surface area contributed by atoms with Gasteiger partial charge in [-0.2, -0.15) is 0 Å². The Morgan fingerprint density at radius 2 is 2.11 bits per heavy atom. The second kappa shape index (κ2) is 7.87. The Labute approximate surface area is 160 Å². The average molecular weight is 391 g/mol. The standard InChI is InChI=1S/C18H20ClFN6O/c1-4-9(2)24-18(27)10(3)25-17-14(20)8-23-16(26-17)13-7-22-15-12(13)5-11(19)6-21-15/h5-10H,4H2,1-3H3,(H,21,22)(H,24,27)(H,23,25,26)/t9-,10-/m0/s1. The van der Waals surface area contributed by atoms with Gasteiger partial charge in [-0.1, -0.05) is 18.5 Å². The van der Waals surface area contributed by atoms with Crippen molar-refractivity contribution in [2.45, 2.75) is 39.3 Å². The largest absolute Gasteiger partial charge is 0.356 e. The van der Waals surface area contributed by atoms with E-state index in [0.29, 0.717) is 22.1 Å². The molecule has 1 amide bonds. The Morgan fingerprint density at radius 3 is 2.85 bits per heavy atom. The fourth-order valence-corrected chi connectivity index (χ4v) is 2.66. The van der Waals surface area contributed by atoms with Crippen molar-refractivity contribution in [3.8, 4) is 11.4 Å². The number of nitrogens with zero attached hydrogens (tertiary/aromatic N) is 3. The van der Waals surface area contributed by atoms with E-state index in [0.717, 1.165) is 18.0 Å². The van der Waals surface area contributed by atoms with Crippen LogP contribution in [0, 0.1) is 5.82 Å². The monoisotopic (exact) mass is 390 g/mol. The highest BCUT2D eigenvalue weighted by molar-refractivity contribution is 6.31. The van der Waals surface area contributed by atoms with E-state index in [9.17, 15) is 9.18 Å². The Morgan fingerprint density at radius 1 is 1.33 bits per heavy atom. The summed E-state index contributed by atoms with van der Waals surface area (Å²) >= 11 is 6.01. The molecule has 3 rings (SSSR count). The number of carbonyl (C=O) groups is 1. The number of nitrogens with one attached hydrogen (secondary N) is 3. The minimum atomic E-state index is -0.657. The summed E-state index contributed by atoms with van der Waals surface area (Å²) in [4.78, 5) is 27.7. The van der Waals surface area contributed by atoms with Crippen LogP contribution >= 0.6 is 11.6 Å². The molecule has 0 saturated carbocycles. The van der Waals surface area contributed by atoms with E-state index in [4.69, 9.17) is 11.6 Å². The molecule has 9 heteroatoms. The lowest BCUT2D eigenvalue weighted by atomic mass is 10.2. The van der Waals surface area contributed by atoms with Gasteiger partial charge < -0.3 is 15.6 Å². The van der Waals surface area contributed by atoms with E-state index in [2.05, 4.69) is 30.6 Å². The summed E-state index contributed by atoms with van der Waals surface area (Å²) in [7, 11) is 0. The van der Waals surface area contributed by atoms with Crippen molar-refractivity contribution in [1.82, 2.24) is 25.3 Å². The van der Waals surface area contributed by atoms with Crippen molar-refractivity contribution in [1.29, 1.82) is 0 Å². The summed E-state index contributed by atoms with van der Waals surface area (Å²) < 4.78 is 14.2. The lowest BCUT2D eigenvalue weighted by Crippen LogP contribution is -2.42. The predicted molar refractivity (Wildman–Crippen MR) is 103 cm³/mol. The van der Waals surface area contributed by atoms with Crippen LogP contribution in [0.5, 0.6) is 0 Å². The third-order valence-corrected chi connectivity index (χ3v) is 4.44. The SMILES string of the molecule is CC[C@H](C)NC(=O)[C@H](C)Nc1nc(-c2c[nH]c3ncc(Cl)cc23)ncc1F. The van der Waals surface area contributed by atoms with E-state index >= 15 is 0 Å². The first-order chi connectivity index (χ1) is 12.9. The maximum atomic E-state index is 14.2. The Kier molecular flexibility index (Phi) is 5.55. The number of fused-ring (bicyclic) bond motifs is 1. The molecule has 3 heterocycles. The lowest BCUT2D eigenvalue weighted by Gasteiger charge is -2.18. The third-order valence-electron chi connectivity index (χ3n) is 4.23. The van der Waals surface area contributed by atoms with Crippen molar-refractivity contribution in [2.24, 2.45) is 0 Å². The zero-order chi connectivity index (χ0) is 19.6. The zero-order valence-corrected chi connectivity index (χ0v) is 15.9. The molecular weight excluding hydrogens is 371 g/mol. The van der Waals surface area contributed by atoms with Crippen molar-refractivity contribution in [2.75, 3.05) is 5.32 Å². The molecule has 7 nitrogen and oxygen atoms in total. The van der Waals surface area contributed by atoms with Crippen LogP contribution in [0.2, 0.25) is 5.02 Å². The van der Waals surface area contributed by atoms with Gasteiger partial charge in [-0.05, 0) is 26.3 Å². The van der Waals surface area contributed by atoms with Crippen molar-refractivity contribution < 1.29 is 9.18 Å². The molecule has 0 aliphatic heterocycles. The van der Waals surface area contributed by atoms with Gasteiger partial charge in [0.2, 0.25) is 5.91 Å². The maximum absolute atomic E-state index is 14.2. The molecule has 3 aromatic heterocycles. The molecule has 0 radical (unpaired) electrons. The fraction of sp³-hybridized carbons (Fsp3) is 0.333. The molecule has 3 aromatic rings. The van der Waals surface area contributed by atoms with Crippen LogP contribution in [0.3, 0.4) is 0 Å². The molecule has 0 fully saturated rings. The molecule has 0 unspecified atom stereocenters. The number of H-pyrrole nitrogens is 1. The number of aromatic amines is 1. The van der Waals surface area contributed by atoms with Crippen LogP contribution in [0.4, 0.5) is 10.2 Å². The molecule has 27 heavy (non-hydrogen) atoms. The van der Waals surface area contributed by atoms with E-state index < -0.39 is 11.9 Å². The highest BCUT2D eigenvalue weighted by atomic mass is 35.5. The Balaban J connectivity index is 1.88. The summed E-state index contributed by atoms with van der Waals surface area (Å²) in [5.74, 6) is -0.621. The highest BCUT2D eigenvalue weighted by Gasteiger charge is 2.19. The van der Waals surface area contributed by atoms with E-state index in [1.807, 2.05) is 13.8 Å². The van der Waals surface area contributed by atoms with Crippen molar-refractivity contribution in [3.05, 3.63) is 35.5 Å². The summed E-state index contributed by atoms with van der Waals surface area (Å²) in [6.45, 7) is 5.53. The third kappa shape index (κ3) is 4.16. The van der Waals surface area contributed by atoms with E-state index in [-0.39, 0.29) is 17.8 Å². The normalized spacial score (nSPS) is 13.4. The second-order valence-corrected chi connectivity index (χ2v) is 6.76. The van der Waals surface area contributed by atoms with Gasteiger partial charge in [0, 0.05) is 29.4 Å². The Bertz CT molecular complexity index is 976. The van der Waals surface area contributed by atoms with Gasteiger partial charge in [0.1, 0.15) is 11.7 Å². The number of hydrogen-bond acceptors (Lipinski definition) is 5. The van der Waals surface area contributed by atoms with Crippen LogP contribution in [-0.2, 0) is 4.79 Å². The number of aromatic nitrogens is 4. The van der Waals surface area contributed by atoms with Crippen LogP contribution < -0.4 is 10.6 Å². The van der Waals surface area contributed by atoms with Gasteiger partial charge in [-0.15, -0.1) is 0 Å². The topological polar surface area (TPSA) is 95.6 Å². The summed E-state index contributed by atoms with van der Waals surface area (Å²) in [5.41, 5.74) is 1.26. The van der Waals surface area contributed by atoms with Gasteiger partial charge in [0.15, 0.2) is 17.5 Å². The quantitative estimate of drug-likeness (QED) is 0.598. The first-order valence-electron chi connectivity index (χ1n) is 8.61. The minimum absolute atomic E-state index is 0.0380. The smallest absolute Gasteiger partial charge is 0.242 e. The number of pyridine rings is 1. The zero-order valence-electron chi connectivity index (χ0n) is 15.2. The molecular formula is C18H20ClFN6O. The molecule has 0 saturated heterocycles. The van der Waals surface area contributed by atoms with Gasteiger partial charge in [0.25, 0.3) is 0 Å². The van der Waals surface area contributed by atoms with Crippen LogP contribution in [0.25, 0.3) is 22.4 Å². The minimum Gasteiger partial charge on any atom is -0.356 e. The van der Waals surface area contributed by atoms with E-state index in [1.54, 1.807) is 19.2 Å². The first-order valence-corrected chi connectivity index (χ1v) is 8.99.